The Bertz CT molecular complexity index is 761. The molecule has 2 unspecified atom stereocenters. The zero-order chi connectivity index (χ0) is 17.4. The molecule has 25 heavy (non-hydrogen) atoms. The third-order valence-electron chi connectivity index (χ3n) is 5.30. The summed E-state index contributed by atoms with van der Waals surface area (Å²) < 4.78 is 15.1. The number of fused-ring (bicyclic) bond motifs is 2. The number of hydrogen-bond donors (Lipinski definition) is 0. The van der Waals surface area contributed by atoms with Crippen molar-refractivity contribution < 1.29 is 14.3 Å². The van der Waals surface area contributed by atoms with Gasteiger partial charge < -0.3 is 14.4 Å². The molecule has 0 spiro atoms. The summed E-state index contributed by atoms with van der Waals surface area (Å²) in [6, 6.07) is 8.00. The first-order chi connectivity index (χ1) is 12.2. The molecule has 0 radical (unpaired) electrons. The molecule has 3 atom stereocenters. The number of benzene rings is 1. The standard InChI is InChI=1S/C18H21N3O3S/c1-11-17(25-20-19-11)18(22)21-13-4-3-12(9-13)16(21)10-24-15-7-5-14(23-2)6-8-15/h5-8,12-13,16H,3-4,9-10H2,1-2H3/t12?,13?,16-/m0/s1. The molecule has 2 aromatic rings. The van der Waals surface area contributed by atoms with Crippen molar-refractivity contribution in [2.45, 2.75) is 38.3 Å². The van der Waals surface area contributed by atoms with Crippen molar-refractivity contribution in [3.05, 3.63) is 34.8 Å². The van der Waals surface area contributed by atoms with Crippen LogP contribution in [0, 0.1) is 12.8 Å². The van der Waals surface area contributed by atoms with E-state index in [1.54, 1.807) is 7.11 Å². The van der Waals surface area contributed by atoms with Gasteiger partial charge in [0.15, 0.2) is 0 Å². The zero-order valence-corrected chi connectivity index (χ0v) is 15.2. The molecule has 1 saturated heterocycles. The lowest BCUT2D eigenvalue weighted by Crippen LogP contribution is -2.47. The number of rotatable bonds is 5. The first-order valence-corrected chi connectivity index (χ1v) is 9.33. The van der Waals surface area contributed by atoms with Crippen LogP contribution in [0.15, 0.2) is 24.3 Å². The fraction of sp³-hybridized carbons (Fsp3) is 0.500. The highest BCUT2D eigenvalue weighted by Crippen LogP contribution is 2.43. The number of piperidine rings is 1. The van der Waals surface area contributed by atoms with Gasteiger partial charge in [-0.3, -0.25) is 4.79 Å². The molecule has 1 aromatic heterocycles. The lowest BCUT2D eigenvalue weighted by Gasteiger charge is -2.35. The number of aryl methyl sites for hydroxylation is 1. The first kappa shape index (κ1) is 16.3. The highest BCUT2D eigenvalue weighted by molar-refractivity contribution is 7.07. The van der Waals surface area contributed by atoms with Crippen LogP contribution in [-0.4, -0.2) is 46.2 Å². The average Bonchev–Trinajstić information content (AvgIpc) is 3.35. The summed E-state index contributed by atoms with van der Waals surface area (Å²) in [4.78, 5) is 15.7. The van der Waals surface area contributed by atoms with Crippen LogP contribution < -0.4 is 9.47 Å². The largest absolute Gasteiger partial charge is 0.497 e. The number of hydrogen-bond acceptors (Lipinski definition) is 6. The van der Waals surface area contributed by atoms with Crippen molar-refractivity contribution in [2.24, 2.45) is 5.92 Å². The Kier molecular flexibility index (Phi) is 4.33. The van der Waals surface area contributed by atoms with Crippen LogP contribution in [0.4, 0.5) is 0 Å². The molecule has 2 fully saturated rings. The molecule has 1 aliphatic heterocycles. The lowest BCUT2D eigenvalue weighted by molar-refractivity contribution is 0.0509. The van der Waals surface area contributed by atoms with Crippen LogP contribution in [-0.2, 0) is 0 Å². The fourth-order valence-electron chi connectivity index (χ4n) is 4.02. The molecule has 0 N–H and O–H groups in total. The van der Waals surface area contributed by atoms with E-state index >= 15 is 0 Å². The number of nitrogens with zero attached hydrogens (tertiary/aromatic N) is 3. The molecule has 4 rings (SSSR count). The summed E-state index contributed by atoms with van der Waals surface area (Å²) in [5.74, 6) is 2.18. The molecule has 1 aliphatic carbocycles. The highest BCUT2D eigenvalue weighted by atomic mass is 32.1. The van der Waals surface area contributed by atoms with E-state index in [9.17, 15) is 4.79 Å². The number of methoxy groups -OCH3 is 1. The fourth-order valence-corrected chi connectivity index (χ4v) is 4.62. The van der Waals surface area contributed by atoms with E-state index in [0.717, 1.165) is 24.3 Å². The molecule has 1 amide bonds. The van der Waals surface area contributed by atoms with Crippen molar-refractivity contribution in [3.63, 3.8) is 0 Å². The smallest absolute Gasteiger partial charge is 0.268 e. The zero-order valence-electron chi connectivity index (χ0n) is 14.3. The molecular formula is C18H21N3O3S. The summed E-state index contributed by atoms with van der Waals surface area (Å²) in [6.45, 7) is 2.36. The van der Waals surface area contributed by atoms with Gasteiger partial charge in [-0.05, 0) is 67.9 Å². The maximum Gasteiger partial charge on any atom is 0.268 e. The van der Waals surface area contributed by atoms with Crippen molar-refractivity contribution in [1.29, 1.82) is 0 Å². The Morgan fingerprint density at radius 1 is 1.28 bits per heavy atom. The molecule has 2 bridgehead atoms. The maximum absolute atomic E-state index is 13.0. The predicted octanol–water partition coefficient (Wildman–Crippen LogP) is 2.93. The van der Waals surface area contributed by atoms with Gasteiger partial charge in [-0.2, -0.15) is 0 Å². The van der Waals surface area contributed by atoms with Crippen LogP contribution >= 0.6 is 11.5 Å². The SMILES string of the molecule is COc1ccc(OC[C@H]2C3CCC(C3)N2C(=O)c2snnc2C)cc1. The Labute approximate surface area is 150 Å². The van der Waals surface area contributed by atoms with Gasteiger partial charge >= 0.3 is 0 Å². The van der Waals surface area contributed by atoms with E-state index in [0.29, 0.717) is 29.1 Å². The Hall–Kier alpha value is -2.15. The van der Waals surface area contributed by atoms with E-state index in [4.69, 9.17) is 9.47 Å². The molecule has 1 aromatic carbocycles. The van der Waals surface area contributed by atoms with Crippen molar-refractivity contribution >= 4 is 17.4 Å². The van der Waals surface area contributed by atoms with Gasteiger partial charge in [-0.15, -0.1) is 5.10 Å². The molecule has 1 saturated carbocycles. The van der Waals surface area contributed by atoms with Crippen molar-refractivity contribution in [2.75, 3.05) is 13.7 Å². The van der Waals surface area contributed by atoms with Gasteiger partial charge in [-0.25, -0.2) is 0 Å². The summed E-state index contributed by atoms with van der Waals surface area (Å²) in [5.41, 5.74) is 0.715. The minimum Gasteiger partial charge on any atom is -0.497 e. The van der Waals surface area contributed by atoms with Crippen molar-refractivity contribution in [3.8, 4) is 11.5 Å². The number of carbonyl (C=O) groups is 1. The van der Waals surface area contributed by atoms with Gasteiger partial charge in [0.05, 0.1) is 18.8 Å². The maximum atomic E-state index is 13.0. The lowest BCUT2D eigenvalue weighted by atomic mass is 9.99. The van der Waals surface area contributed by atoms with E-state index < -0.39 is 0 Å². The van der Waals surface area contributed by atoms with Crippen LogP contribution in [0.25, 0.3) is 0 Å². The molecule has 6 nitrogen and oxygen atoms in total. The van der Waals surface area contributed by atoms with Crippen LogP contribution in [0.3, 0.4) is 0 Å². The summed E-state index contributed by atoms with van der Waals surface area (Å²) in [5, 5.41) is 3.98. The molecule has 2 aliphatic rings. The molecule has 2 heterocycles. The minimum atomic E-state index is 0.0584. The van der Waals surface area contributed by atoms with E-state index in [1.165, 1.54) is 18.0 Å². The predicted molar refractivity (Wildman–Crippen MR) is 94.2 cm³/mol. The van der Waals surface area contributed by atoms with Gasteiger partial charge in [0.2, 0.25) is 0 Å². The average molecular weight is 359 g/mol. The number of aromatic nitrogens is 2. The Morgan fingerprint density at radius 3 is 2.72 bits per heavy atom. The number of ether oxygens (including phenoxy) is 2. The topological polar surface area (TPSA) is 64.6 Å². The van der Waals surface area contributed by atoms with Gasteiger partial charge in [0.1, 0.15) is 23.0 Å². The second kappa shape index (κ2) is 6.63. The third kappa shape index (κ3) is 2.97. The number of amides is 1. The molecule has 7 heteroatoms. The van der Waals surface area contributed by atoms with Crippen LogP contribution in [0.2, 0.25) is 0 Å². The molecular weight excluding hydrogens is 338 g/mol. The van der Waals surface area contributed by atoms with Crippen molar-refractivity contribution in [1.82, 2.24) is 14.5 Å². The van der Waals surface area contributed by atoms with Gasteiger partial charge in [0, 0.05) is 6.04 Å². The summed E-state index contributed by atoms with van der Waals surface area (Å²) >= 11 is 1.19. The van der Waals surface area contributed by atoms with Gasteiger partial charge in [-0.1, -0.05) is 4.49 Å². The quantitative estimate of drug-likeness (QED) is 0.821. The first-order valence-electron chi connectivity index (χ1n) is 8.56. The van der Waals surface area contributed by atoms with Crippen LogP contribution in [0.5, 0.6) is 11.5 Å². The van der Waals surface area contributed by atoms with E-state index in [1.807, 2.05) is 36.1 Å². The van der Waals surface area contributed by atoms with E-state index in [-0.39, 0.29) is 11.9 Å². The van der Waals surface area contributed by atoms with Gasteiger partial charge in [0.25, 0.3) is 5.91 Å². The third-order valence-corrected chi connectivity index (χ3v) is 6.12. The minimum absolute atomic E-state index is 0.0584. The second-order valence-corrected chi connectivity index (χ2v) is 7.43. The monoisotopic (exact) mass is 359 g/mol. The summed E-state index contributed by atoms with van der Waals surface area (Å²) in [6.07, 6.45) is 3.33. The highest BCUT2D eigenvalue weighted by Gasteiger charge is 2.49. The van der Waals surface area contributed by atoms with Crippen LogP contribution in [0.1, 0.15) is 34.6 Å². The second-order valence-electron chi connectivity index (χ2n) is 6.68. The number of carbonyl (C=O) groups excluding carboxylic acids is 1. The Morgan fingerprint density at radius 2 is 2.04 bits per heavy atom. The van der Waals surface area contributed by atoms with E-state index in [2.05, 4.69) is 9.59 Å². The number of likely N-dealkylation sites (tertiary alicyclic amines) is 1. The summed E-state index contributed by atoms with van der Waals surface area (Å²) in [7, 11) is 1.64. The Balaban J connectivity index is 1.49. The normalized spacial score (nSPS) is 24.6. The molecule has 132 valence electrons.